The van der Waals surface area contributed by atoms with Crippen molar-refractivity contribution in [2.24, 2.45) is 5.41 Å². The predicted molar refractivity (Wildman–Crippen MR) is 82.2 cm³/mol. The van der Waals surface area contributed by atoms with Crippen LogP contribution in [0.4, 0.5) is 17.1 Å². The van der Waals surface area contributed by atoms with Crippen molar-refractivity contribution in [1.82, 2.24) is 0 Å². The van der Waals surface area contributed by atoms with Crippen LogP contribution < -0.4 is 10.2 Å². The number of hydrogen-bond donors (Lipinski definition) is 1. The van der Waals surface area contributed by atoms with Gasteiger partial charge in [-0.2, -0.15) is 0 Å². The molecule has 0 amide bonds. The average molecular weight is 252 g/mol. The van der Waals surface area contributed by atoms with Crippen molar-refractivity contribution in [1.29, 1.82) is 0 Å². The molecule has 0 saturated heterocycles. The van der Waals surface area contributed by atoms with Gasteiger partial charge in [0.15, 0.2) is 0 Å². The van der Waals surface area contributed by atoms with Crippen LogP contribution in [0.1, 0.15) is 13.8 Å². The molecule has 1 N–H and O–H groups in total. The van der Waals surface area contributed by atoms with Gasteiger partial charge < -0.3 is 10.2 Å². The molecule has 0 atom stereocenters. The van der Waals surface area contributed by atoms with E-state index >= 15 is 0 Å². The van der Waals surface area contributed by atoms with Crippen molar-refractivity contribution in [2.75, 3.05) is 23.3 Å². The van der Waals surface area contributed by atoms with E-state index in [0.717, 1.165) is 13.1 Å². The van der Waals surface area contributed by atoms with Crippen LogP contribution in [0.3, 0.4) is 0 Å². The van der Waals surface area contributed by atoms with Gasteiger partial charge in [0, 0.05) is 18.8 Å². The summed E-state index contributed by atoms with van der Waals surface area (Å²) in [5.74, 6) is 0. The summed E-state index contributed by atoms with van der Waals surface area (Å²) in [6.45, 7) is 6.62. The molecule has 0 radical (unpaired) electrons. The second-order valence-electron chi connectivity index (χ2n) is 5.96. The van der Waals surface area contributed by atoms with Gasteiger partial charge in [-0.25, -0.2) is 0 Å². The normalized spacial score (nSPS) is 17.3. The topological polar surface area (TPSA) is 15.3 Å². The van der Waals surface area contributed by atoms with Gasteiger partial charge >= 0.3 is 0 Å². The second kappa shape index (κ2) is 4.61. The summed E-state index contributed by atoms with van der Waals surface area (Å²) in [4.78, 5) is 2.41. The summed E-state index contributed by atoms with van der Waals surface area (Å²) in [5, 5.41) is 3.57. The Hall–Kier alpha value is -1.96. The Morgan fingerprint density at radius 3 is 2.42 bits per heavy atom. The molecule has 0 spiro atoms. The maximum absolute atomic E-state index is 3.57. The molecule has 1 aliphatic rings. The number of anilines is 3. The van der Waals surface area contributed by atoms with E-state index in [1.807, 2.05) is 0 Å². The highest BCUT2D eigenvalue weighted by molar-refractivity contribution is 5.77. The number of para-hydroxylation sites is 3. The van der Waals surface area contributed by atoms with Crippen LogP contribution in [-0.4, -0.2) is 13.1 Å². The summed E-state index contributed by atoms with van der Waals surface area (Å²) in [6, 6.07) is 19.2. The highest BCUT2D eigenvalue weighted by atomic mass is 15.2. The first-order chi connectivity index (χ1) is 9.16. The second-order valence-corrected chi connectivity index (χ2v) is 5.96. The number of nitrogens with zero attached hydrogens (tertiary/aromatic N) is 1. The third-order valence-corrected chi connectivity index (χ3v) is 3.61. The molecule has 2 heteroatoms. The van der Waals surface area contributed by atoms with Crippen LogP contribution in [0.5, 0.6) is 0 Å². The van der Waals surface area contributed by atoms with Crippen LogP contribution in [-0.2, 0) is 0 Å². The molecule has 0 bridgehead atoms. The lowest BCUT2D eigenvalue weighted by Crippen LogP contribution is -2.33. The Kier molecular flexibility index (Phi) is 2.94. The fourth-order valence-electron chi connectivity index (χ4n) is 2.60. The van der Waals surface area contributed by atoms with E-state index in [4.69, 9.17) is 0 Å². The van der Waals surface area contributed by atoms with E-state index in [-0.39, 0.29) is 5.41 Å². The Morgan fingerprint density at radius 1 is 0.947 bits per heavy atom. The Labute approximate surface area is 115 Å². The average Bonchev–Trinajstić information content (AvgIpc) is 2.57. The third kappa shape index (κ3) is 2.43. The van der Waals surface area contributed by atoms with Gasteiger partial charge in [-0.15, -0.1) is 0 Å². The summed E-state index contributed by atoms with van der Waals surface area (Å²) in [7, 11) is 0. The SMILES string of the molecule is CC1(C)CNc2ccccc2N(c2ccccc2)C1. The Bertz CT molecular complexity index is 560. The molecule has 3 rings (SSSR count). The fourth-order valence-corrected chi connectivity index (χ4v) is 2.60. The molecule has 0 unspecified atom stereocenters. The van der Waals surface area contributed by atoms with E-state index in [1.54, 1.807) is 0 Å². The summed E-state index contributed by atoms with van der Waals surface area (Å²) >= 11 is 0. The fraction of sp³-hybridized carbons (Fsp3) is 0.294. The van der Waals surface area contributed by atoms with Crippen LogP contribution in [0.2, 0.25) is 0 Å². The van der Waals surface area contributed by atoms with E-state index in [9.17, 15) is 0 Å². The molecule has 0 fully saturated rings. The van der Waals surface area contributed by atoms with Crippen LogP contribution >= 0.6 is 0 Å². The number of benzene rings is 2. The minimum Gasteiger partial charge on any atom is -0.383 e. The minimum atomic E-state index is 0.231. The number of hydrogen-bond acceptors (Lipinski definition) is 2. The van der Waals surface area contributed by atoms with Crippen molar-refractivity contribution in [3.05, 3.63) is 54.6 Å². The maximum Gasteiger partial charge on any atom is 0.0646 e. The number of rotatable bonds is 1. The predicted octanol–water partition coefficient (Wildman–Crippen LogP) is 4.28. The molecular formula is C17H20N2. The maximum atomic E-state index is 3.57. The highest BCUT2D eigenvalue weighted by Gasteiger charge is 2.27. The van der Waals surface area contributed by atoms with Gasteiger partial charge in [-0.05, 0) is 29.7 Å². The Balaban J connectivity index is 2.09. The van der Waals surface area contributed by atoms with Crippen LogP contribution in [0.15, 0.2) is 54.6 Å². The summed E-state index contributed by atoms with van der Waals surface area (Å²) in [6.07, 6.45) is 0. The first kappa shape index (κ1) is 12.1. The molecule has 2 aromatic rings. The van der Waals surface area contributed by atoms with Gasteiger partial charge in [0.2, 0.25) is 0 Å². The lowest BCUT2D eigenvalue weighted by Gasteiger charge is -2.31. The summed E-state index contributed by atoms with van der Waals surface area (Å²) < 4.78 is 0. The molecule has 0 aliphatic carbocycles. The molecule has 19 heavy (non-hydrogen) atoms. The van der Waals surface area contributed by atoms with Crippen LogP contribution in [0, 0.1) is 5.41 Å². The molecule has 2 aromatic carbocycles. The van der Waals surface area contributed by atoms with Gasteiger partial charge in [0.05, 0.1) is 11.4 Å². The zero-order chi connectivity index (χ0) is 13.3. The molecule has 0 saturated carbocycles. The van der Waals surface area contributed by atoms with Crippen molar-refractivity contribution in [3.63, 3.8) is 0 Å². The standard InChI is InChI=1S/C17H20N2/c1-17(2)12-18-15-10-6-7-11-16(15)19(13-17)14-8-4-3-5-9-14/h3-11,18H,12-13H2,1-2H3. The molecule has 2 nitrogen and oxygen atoms in total. The monoisotopic (exact) mass is 252 g/mol. The Morgan fingerprint density at radius 2 is 1.63 bits per heavy atom. The highest BCUT2D eigenvalue weighted by Crippen LogP contribution is 2.37. The van der Waals surface area contributed by atoms with Crippen molar-refractivity contribution in [3.8, 4) is 0 Å². The number of nitrogens with one attached hydrogen (secondary N) is 1. The number of fused-ring (bicyclic) bond motifs is 1. The minimum absolute atomic E-state index is 0.231. The third-order valence-electron chi connectivity index (χ3n) is 3.61. The van der Waals surface area contributed by atoms with Crippen molar-refractivity contribution in [2.45, 2.75) is 13.8 Å². The molecule has 0 aromatic heterocycles. The van der Waals surface area contributed by atoms with Gasteiger partial charge in [0.1, 0.15) is 0 Å². The lowest BCUT2D eigenvalue weighted by atomic mass is 9.93. The quantitative estimate of drug-likeness (QED) is 0.815. The van der Waals surface area contributed by atoms with Crippen molar-refractivity contribution < 1.29 is 0 Å². The lowest BCUT2D eigenvalue weighted by molar-refractivity contribution is 0.407. The smallest absolute Gasteiger partial charge is 0.0646 e. The zero-order valence-corrected chi connectivity index (χ0v) is 11.6. The van der Waals surface area contributed by atoms with E-state index in [1.165, 1.54) is 17.1 Å². The van der Waals surface area contributed by atoms with E-state index in [0.29, 0.717) is 0 Å². The largest absolute Gasteiger partial charge is 0.383 e. The van der Waals surface area contributed by atoms with E-state index in [2.05, 4.69) is 78.7 Å². The first-order valence-electron chi connectivity index (χ1n) is 6.81. The zero-order valence-electron chi connectivity index (χ0n) is 11.6. The van der Waals surface area contributed by atoms with Crippen LogP contribution in [0.25, 0.3) is 0 Å². The first-order valence-corrected chi connectivity index (χ1v) is 6.81. The molecule has 98 valence electrons. The van der Waals surface area contributed by atoms with Crippen molar-refractivity contribution >= 4 is 17.1 Å². The van der Waals surface area contributed by atoms with Gasteiger partial charge in [0.25, 0.3) is 0 Å². The van der Waals surface area contributed by atoms with E-state index < -0.39 is 0 Å². The molecule has 1 aliphatic heterocycles. The van der Waals surface area contributed by atoms with Gasteiger partial charge in [-0.1, -0.05) is 44.2 Å². The molecular weight excluding hydrogens is 232 g/mol. The molecule has 1 heterocycles. The summed E-state index contributed by atoms with van der Waals surface area (Å²) in [5.41, 5.74) is 3.97. The van der Waals surface area contributed by atoms with Gasteiger partial charge in [-0.3, -0.25) is 0 Å².